The zero-order valence-corrected chi connectivity index (χ0v) is 26.8. The molecule has 0 saturated carbocycles. The molecule has 2 aromatic heterocycles. The van der Waals surface area contributed by atoms with Crippen molar-refractivity contribution in [1.82, 2.24) is 9.97 Å². The van der Waals surface area contributed by atoms with Crippen molar-refractivity contribution in [3.05, 3.63) is 37.4 Å². The molecule has 212 valence electrons. The smallest absolute Gasteiger partial charge is 0.241 e. The lowest BCUT2D eigenvalue weighted by Crippen LogP contribution is -3.00. The van der Waals surface area contributed by atoms with E-state index in [1.165, 1.54) is 142 Å². The van der Waals surface area contributed by atoms with E-state index in [1.54, 1.807) is 0 Å². The van der Waals surface area contributed by atoms with Gasteiger partial charge in [0.05, 0.1) is 13.1 Å². The number of hydrogen-bond acceptors (Lipinski definition) is 0. The van der Waals surface area contributed by atoms with E-state index < -0.39 is 0 Å². The highest BCUT2D eigenvalue weighted by molar-refractivity contribution is 4.56. The topological polar surface area (TPSA) is 39.3 Å². The summed E-state index contributed by atoms with van der Waals surface area (Å²) in [7, 11) is 0. The van der Waals surface area contributed by atoms with Crippen LogP contribution < -0.4 is 43.1 Å². The van der Waals surface area contributed by atoms with Gasteiger partial charge in [0.15, 0.2) is 0 Å². The van der Waals surface area contributed by atoms with Crippen LogP contribution in [0.25, 0.3) is 0 Å². The van der Waals surface area contributed by atoms with Crippen LogP contribution in [0.2, 0.25) is 0 Å². The Labute approximate surface area is 245 Å². The second kappa shape index (κ2) is 30.6. The largest absolute Gasteiger partial charge is 1.00 e. The normalized spacial score (nSPS) is 10.3. The average molecular weight is 635 g/mol. The SMILES string of the molecule is CCCCCCCCCCCC[n+]1cc[nH]c1.CCCCCCCCCCCC[n+]1cc[nH]c1.[Br-].[Br-]. The molecule has 0 aliphatic rings. The van der Waals surface area contributed by atoms with Gasteiger partial charge in [0.25, 0.3) is 0 Å². The number of rotatable bonds is 22. The zero-order valence-electron chi connectivity index (χ0n) is 23.7. The quantitative estimate of drug-likeness (QED) is 0.148. The fraction of sp³-hybridized carbons (Fsp3) is 0.800. The molecule has 2 N–H and O–H groups in total. The first-order valence-electron chi connectivity index (χ1n) is 14.9. The number of hydrogen-bond donors (Lipinski definition) is 2. The summed E-state index contributed by atoms with van der Waals surface area (Å²) in [6, 6.07) is 0. The number of halogens is 2. The van der Waals surface area contributed by atoms with E-state index in [0.717, 1.165) is 0 Å². The number of aromatic amines is 2. The van der Waals surface area contributed by atoms with E-state index in [-0.39, 0.29) is 34.0 Å². The van der Waals surface area contributed by atoms with Crippen LogP contribution in [-0.2, 0) is 13.1 Å². The molecular weight excluding hydrogens is 576 g/mol. The number of imidazole rings is 2. The molecule has 0 atom stereocenters. The fourth-order valence-corrected chi connectivity index (χ4v) is 4.48. The van der Waals surface area contributed by atoms with Gasteiger partial charge in [0, 0.05) is 0 Å². The molecule has 0 aliphatic heterocycles. The van der Waals surface area contributed by atoms with Gasteiger partial charge in [0.2, 0.25) is 12.7 Å². The van der Waals surface area contributed by atoms with Crippen LogP contribution in [0.4, 0.5) is 0 Å². The van der Waals surface area contributed by atoms with E-state index >= 15 is 0 Å². The number of aryl methyl sites for hydroxylation is 2. The molecule has 36 heavy (non-hydrogen) atoms. The fourth-order valence-electron chi connectivity index (χ4n) is 4.48. The first-order chi connectivity index (χ1) is 16.9. The summed E-state index contributed by atoms with van der Waals surface area (Å²) >= 11 is 0. The summed E-state index contributed by atoms with van der Waals surface area (Å²) in [5.74, 6) is 0. The van der Waals surface area contributed by atoms with Crippen LogP contribution in [0, 0.1) is 0 Å². The lowest BCUT2D eigenvalue weighted by Gasteiger charge is -2.01. The number of H-pyrrole nitrogens is 2. The van der Waals surface area contributed by atoms with Crippen molar-refractivity contribution in [3.63, 3.8) is 0 Å². The second-order valence-corrected chi connectivity index (χ2v) is 10.1. The average Bonchev–Trinajstić information content (AvgIpc) is 3.56. The predicted molar refractivity (Wildman–Crippen MR) is 146 cm³/mol. The Morgan fingerprint density at radius 1 is 0.417 bits per heavy atom. The van der Waals surface area contributed by atoms with E-state index in [1.807, 2.05) is 25.0 Å². The van der Waals surface area contributed by atoms with Crippen molar-refractivity contribution < 1.29 is 43.1 Å². The zero-order chi connectivity index (χ0) is 24.4. The molecule has 0 saturated heterocycles. The van der Waals surface area contributed by atoms with E-state index in [0.29, 0.717) is 0 Å². The molecule has 0 aromatic carbocycles. The summed E-state index contributed by atoms with van der Waals surface area (Å²) in [6.45, 7) is 6.89. The Kier molecular flexibility index (Phi) is 31.9. The highest BCUT2D eigenvalue weighted by Gasteiger charge is 1.98. The Hall–Kier alpha value is -0.620. The van der Waals surface area contributed by atoms with Gasteiger partial charge in [-0.3, -0.25) is 9.97 Å². The first-order valence-corrected chi connectivity index (χ1v) is 14.9. The van der Waals surface area contributed by atoms with Crippen molar-refractivity contribution in [1.29, 1.82) is 0 Å². The van der Waals surface area contributed by atoms with Crippen LogP contribution in [-0.4, -0.2) is 9.97 Å². The highest BCUT2D eigenvalue weighted by atomic mass is 79.9. The third-order valence-corrected chi connectivity index (χ3v) is 6.74. The minimum atomic E-state index is 0. The van der Waals surface area contributed by atoms with Gasteiger partial charge in [0.1, 0.15) is 24.8 Å². The maximum absolute atomic E-state index is 3.08. The lowest BCUT2D eigenvalue weighted by molar-refractivity contribution is -0.696. The summed E-state index contributed by atoms with van der Waals surface area (Å²) in [6.07, 6.45) is 40.5. The Balaban J connectivity index is 0. The number of nitrogens with zero attached hydrogens (tertiary/aromatic N) is 2. The lowest BCUT2D eigenvalue weighted by atomic mass is 10.1. The first kappa shape index (κ1) is 37.5. The Morgan fingerprint density at radius 2 is 0.694 bits per heavy atom. The summed E-state index contributed by atoms with van der Waals surface area (Å²) in [4.78, 5) is 6.16. The van der Waals surface area contributed by atoms with Crippen LogP contribution in [0.15, 0.2) is 37.4 Å². The van der Waals surface area contributed by atoms with Crippen molar-refractivity contribution in [2.75, 3.05) is 0 Å². The molecule has 0 fully saturated rings. The molecule has 0 radical (unpaired) electrons. The number of unbranched alkanes of at least 4 members (excludes halogenated alkanes) is 18. The second-order valence-electron chi connectivity index (χ2n) is 10.1. The van der Waals surface area contributed by atoms with Gasteiger partial charge in [-0.2, -0.15) is 0 Å². The van der Waals surface area contributed by atoms with Crippen LogP contribution in [0.3, 0.4) is 0 Å². The van der Waals surface area contributed by atoms with E-state index in [4.69, 9.17) is 0 Å². The van der Waals surface area contributed by atoms with Gasteiger partial charge >= 0.3 is 0 Å². The molecule has 2 rings (SSSR count). The minimum Gasteiger partial charge on any atom is -1.00 e. The third-order valence-electron chi connectivity index (χ3n) is 6.74. The number of aromatic nitrogens is 4. The van der Waals surface area contributed by atoms with Crippen molar-refractivity contribution >= 4 is 0 Å². The van der Waals surface area contributed by atoms with E-state index in [2.05, 4.69) is 45.3 Å². The van der Waals surface area contributed by atoms with Crippen molar-refractivity contribution in [2.45, 2.75) is 155 Å². The predicted octanol–water partition coefficient (Wildman–Crippen LogP) is 2.45. The molecule has 0 spiro atoms. The third kappa shape index (κ3) is 25.0. The molecule has 0 amide bonds. The van der Waals surface area contributed by atoms with Crippen LogP contribution in [0.5, 0.6) is 0 Å². The van der Waals surface area contributed by atoms with Crippen LogP contribution in [0.1, 0.15) is 142 Å². The monoisotopic (exact) mass is 632 g/mol. The van der Waals surface area contributed by atoms with Crippen LogP contribution >= 0.6 is 0 Å². The highest BCUT2D eigenvalue weighted by Crippen LogP contribution is 2.11. The Morgan fingerprint density at radius 3 is 0.944 bits per heavy atom. The summed E-state index contributed by atoms with van der Waals surface area (Å²) in [5.41, 5.74) is 0. The maximum atomic E-state index is 3.08. The van der Waals surface area contributed by atoms with Gasteiger partial charge in [-0.15, -0.1) is 0 Å². The van der Waals surface area contributed by atoms with Crippen molar-refractivity contribution in [2.24, 2.45) is 0 Å². The standard InChI is InChI=1S/2C15H28N2.2BrH/c2*1-2-3-4-5-6-7-8-9-10-11-13-17-14-12-16-15-17;;/h2*12,14-15H,2-11,13H2,1H3;2*1H. The molecule has 2 aromatic rings. The summed E-state index contributed by atoms with van der Waals surface area (Å²) in [5, 5.41) is 0. The van der Waals surface area contributed by atoms with Gasteiger partial charge in [-0.05, 0) is 25.7 Å². The van der Waals surface area contributed by atoms with E-state index in [9.17, 15) is 0 Å². The summed E-state index contributed by atoms with van der Waals surface area (Å²) < 4.78 is 4.45. The van der Waals surface area contributed by atoms with Gasteiger partial charge in [-0.1, -0.05) is 117 Å². The molecule has 6 heteroatoms. The van der Waals surface area contributed by atoms with Gasteiger partial charge in [-0.25, -0.2) is 9.13 Å². The molecule has 4 nitrogen and oxygen atoms in total. The molecule has 0 unspecified atom stereocenters. The maximum Gasteiger partial charge on any atom is 0.241 e. The van der Waals surface area contributed by atoms with Crippen molar-refractivity contribution in [3.8, 4) is 0 Å². The molecular formula is C30H58Br2N4. The molecule has 0 bridgehead atoms. The molecule has 2 heterocycles. The minimum absolute atomic E-state index is 0. The molecule has 0 aliphatic carbocycles. The van der Waals surface area contributed by atoms with Gasteiger partial charge < -0.3 is 34.0 Å². The Bertz CT molecular complexity index is 548. The number of nitrogens with one attached hydrogen (secondary N) is 2.